The van der Waals surface area contributed by atoms with E-state index in [1.54, 1.807) is 23.5 Å². The van der Waals surface area contributed by atoms with Gasteiger partial charge in [-0.2, -0.15) is 0 Å². The van der Waals surface area contributed by atoms with Crippen molar-refractivity contribution < 1.29 is 4.92 Å². The standard InChI is InChI=1S/C40H24N4O2S/c45-44(46)27-14-10-13-26(21-27)35-24-34(25-11-2-1-3-12-25)41-40(42-35)33-23-28(22-32-31-17-6-9-20-38(31)47-39(32)33)43-36-18-7-4-15-29(36)30-16-5-8-19-37(30)43/h1-24H. The van der Waals surface area contributed by atoms with Crippen molar-refractivity contribution >= 4 is 59.0 Å². The summed E-state index contributed by atoms with van der Waals surface area (Å²) in [6, 6.07) is 48.5. The minimum atomic E-state index is -0.375. The largest absolute Gasteiger partial charge is 0.309 e. The van der Waals surface area contributed by atoms with Crippen LogP contribution in [0.5, 0.6) is 0 Å². The third kappa shape index (κ3) is 4.47. The number of nitrogens with zero attached hydrogens (tertiary/aromatic N) is 4. The first-order chi connectivity index (χ1) is 23.1. The van der Waals surface area contributed by atoms with Crippen LogP contribution in [-0.2, 0) is 0 Å². The van der Waals surface area contributed by atoms with Crippen LogP contribution in [0.3, 0.4) is 0 Å². The zero-order chi connectivity index (χ0) is 31.5. The highest BCUT2D eigenvalue weighted by molar-refractivity contribution is 7.26. The molecule has 0 spiro atoms. The van der Waals surface area contributed by atoms with Gasteiger partial charge >= 0.3 is 0 Å². The quantitative estimate of drug-likeness (QED) is 0.141. The average Bonchev–Trinajstić information content (AvgIpc) is 3.67. The molecule has 0 aliphatic carbocycles. The van der Waals surface area contributed by atoms with Crippen molar-refractivity contribution in [3.05, 3.63) is 156 Å². The van der Waals surface area contributed by atoms with Gasteiger partial charge in [0.2, 0.25) is 0 Å². The van der Waals surface area contributed by atoms with Gasteiger partial charge in [0.05, 0.1) is 27.3 Å². The first-order valence-corrected chi connectivity index (χ1v) is 16.1. The van der Waals surface area contributed by atoms with Crippen LogP contribution in [0.1, 0.15) is 0 Å². The van der Waals surface area contributed by atoms with E-state index in [0.717, 1.165) is 43.6 Å². The second kappa shape index (κ2) is 10.7. The van der Waals surface area contributed by atoms with Gasteiger partial charge in [0.15, 0.2) is 5.82 Å². The second-order valence-electron chi connectivity index (χ2n) is 11.5. The summed E-state index contributed by atoms with van der Waals surface area (Å²) in [6.45, 7) is 0. The summed E-state index contributed by atoms with van der Waals surface area (Å²) < 4.78 is 4.59. The molecule has 0 radical (unpaired) electrons. The summed E-state index contributed by atoms with van der Waals surface area (Å²) in [5.74, 6) is 0.562. The van der Waals surface area contributed by atoms with E-state index in [4.69, 9.17) is 9.97 Å². The number of benzene rings is 6. The molecule has 6 nitrogen and oxygen atoms in total. The van der Waals surface area contributed by atoms with E-state index in [0.29, 0.717) is 17.1 Å². The monoisotopic (exact) mass is 624 g/mol. The molecule has 0 aliphatic heterocycles. The molecule has 3 heterocycles. The Balaban J connectivity index is 1.38. The number of para-hydroxylation sites is 2. The Morgan fingerprint density at radius 2 is 1.19 bits per heavy atom. The lowest BCUT2D eigenvalue weighted by molar-refractivity contribution is -0.384. The van der Waals surface area contributed by atoms with Crippen molar-refractivity contribution in [2.24, 2.45) is 0 Å². The summed E-state index contributed by atoms with van der Waals surface area (Å²) >= 11 is 1.73. The molecule has 0 aliphatic rings. The fourth-order valence-electron chi connectivity index (χ4n) is 6.56. The molecule has 3 aromatic heterocycles. The molecule has 0 saturated carbocycles. The Hall–Kier alpha value is -6.18. The second-order valence-corrected chi connectivity index (χ2v) is 12.5. The van der Waals surface area contributed by atoms with Gasteiger partial charge in [0.25, 0.3) is 5.69 Å². The topological polar surface area (TPSA) is 73.8 Å². The number of aromatic nitrogens is 3. The Morgan fingerprint density at radius 1 is 0.574 bits per heavy atom. The van der Waals surface area contributed by atoms with Crippen molar-refractivity contribution in [2.45, 2.75) is 0 Å². The van der Waals surface area contributed by atoms with Crippen LogP contribution < -0.4 is 0 Å². The van der Waals surface area contributed by atoms with E-state index in [9.17, 15) is 10.1 Å². The number of nitro groups is 1. The number of non-ortho nitro benzene ring substituents is 1. The molecule has 0 atom stereocenters. The number of rotatable bonds is 5. The molecule has 222 valence electrons. The van der Waals surface area contributed by atoms with Crippen LogP contribution in [0.4, 0.5) is 5.69 Å². The SMILES string of the molecule is O=[N+]([O-])c1cccc(-c2cc(-c3ccccc3)nc(-c3cc(-n4c5ccccc5c5ccccc54)cc4c3sc3ccccc34)n2)c1. The van der Waals surface area contributed by atoms with E-state index < -0.39 is 0 Å². The van der Waals surface area contributed by atoms with E-state index in [1.807, 2.05) is 42.5 Å². The lowest BCUT2D eigenvalue weighted by Gasteiger charge is -2.13. The fourth-order valence-corrected chi connectivity index (χ4v) is 7.75. The predicted molar refractivity (Wildman–Crippen MR) is 192 cm³/mol. The van der Waals surface area contributed by atoms with Crippen LogP contribution >= 0.6 is 11.3 Å². The highest BCUT2D eigenvalue weighted by atomic mass is 32.1. The van der Waals surface area contributed by atoms with E-state index in [2.05, 4.69) is 89.5 Å². The fraction of sp³-hybridized carbons (Fsp3) is 0. The molecule has 0 N–H and O–H groups in total. The van der Waals surface area contributed by atoms with E-state index in [1.165, 1.54) is 26.9 Å². The van der Waals surface area contributed by atoms with E-state index in [-0.39, 0.29) is 10.6 Å². The third-order valence-electron chi connectivity index (χ3n) is 8.69. The van der Waals surface area contributed by atoms with Gasteiger partial charge in [-0.3, -0.25) is 10.1 Å². The van der Waals surface area contributed by atoms with Crippen molar-refractivity contribution in [2.75, 3.05) is 0 Å². The summed E-state index contributed by atoms with van der Waals surface area (Å²) in [7, 11) is 0. The number of hydrogen-bond acceptors (Lipinski definition) is 5. The Kier molecular flexibility index (Phi) is 6.19. The van der Waals surface area contributed by atoms with Gasteiger partial charge < -0.3 is 4.57 Å². The first kappa shape index (κ1) is 27.2. The van der Waals surface area contributed by atoms with Crippen LogP contribution in [0.15, 0.2) is 146 Å². The number of nitro benzene ring substituents is 1. The first-order valence-electron chi connectivity index (χ1n) is 15.3. The maximum absolute atomic E-state index is 11.7. The predicted octanol–water partition coefficient (Wildman–Crippen LogP) is 10.9. The molecule has 0 bridgehead atoms. The molecule has 0 amide bonds. The lowest BCUT2D eigenvalue weighted by atomic mass is 10.0. The van der Waals surface area contributed by atoms with Crippen molar-refractivity contribution in [3.8, 4) is 39.6 Å². The summed E-state index contributed by atoms with van der Waals surface area (Å²) in [6.07, 6.45) is 0. The molecule has 9 rings (SSSR count). The van der Waals surface area contributed by atoms with Crippen molar-refractivity contribution in [1.82, 2.24) is 14.5 Å². The highest BCUT2D eigenvalue weighted by Gasteiger charge is 2.20. The van der Waals surface area contributed by atoms with Crippen molar-refractivity contribution in [3.63, 3.8) is 0 Å². The molecule has 7 heteroatoms. The number of fused-ring (bicyclic) bond motifs is 6. The Labute approximate surface area is 273 Å². The Morgan fingerprint density at radius 3 is 1.91 bits per heavy atom. The minimum absolute atomic E-state index is 0.0178. The minimum Gasteiger partial charge on any atom is -0.309 e. The van der Waals surface area contributed by atoms with Crippen LogP contribution in [-0.4, -0.2) is 19.5 Å². The molecule has 0 saturated heterocycles. The van der Waals surface area contributed by atoms with Gasteiger partial charge in [-0.25, -0.2) is 9.97 Å². The molecule has 0 fully saturated rings. The zero-order valence-electron chi connectivity index (χ0n) is 24.9. The third-order valence-corrected chi connectivity index (χ3v) is 9.91. The number of thiophene rings is 1. The maximum Gasteiger partial charge on any atom is 0.270 e. The van der Waals surface area contributed by atoms with Gasteiger partial charge in [0.1, 0.15) is 0 Å². The highest BCUT2D eigenvalue weighted by Crippen LogP contribution is 2.43. The van der Waals surface area contributed by atoms with Gasteiger partial charge in [-0.05, 0) is 36.4 Å². The summed E-state index contributed by atoms with van der Waals surface area (Å²) in [5, 5.41) is 16.4. The summed E-state index contributed by atoms with van der Waals surface area (Å²) in [5.41, 5.74) is 7.14. The maximum atomic E-state index is 11.7. The summed E-state index contributed by atoms with van der Waals surface area (Å²) in [4.78, 5) is 21.6. The van der Waals surface area contributed by atoms with Crippen LogP contribution in [0.25, 0.3) is 81.6 Å². The molecular weight excluding hydrogens is 601 g/mol. The molecule has 6 aromatic carbocycles. The van der Waals surface area contributed by atoms with Gasteiger partial charge in [-0.1, -0.05) is 97.1 Å². The van der Waals surface area contributed by atoms with E-state index >= 15 is 0 Å². The molecular formula is C40H24N4O2S. The van der Waals surface area contributed by atoms with Crippen LogP contribution in [0, 0.1) is 10.1 Å². The van der Waals surface area contributed by atoms with Gasteiger partial charge in [0, 0.05) is 65.5 Å². The molecule has 0 unspecified atom stereocenters. The van der Waals surface area contributed by atoms with Gasteiger partial charge in [-0.15, -0.1) is 11.3 Å². The Bertz CT molecular complexity index is 2620. The smallest absolute Gasteiger partial charge is 0.270 e. The zero-order valence-corrected chi connectivity index (χ0v) is 25.7. The normalized spacial score (nSPS) is 11.6. The molecule has 47 heavy (non-hydrogen) atoms. The lowest BCUT2D eigenvalue weighted by Crippen LogP contribution is -1.99. The average molecular weight is 625 g/mol. The molecule has 9 aromatic rings. The number of hydrogen-bond donors (Lipinski definition) is 0. The van der Waals surface area contributed by atoms with Crippen molar-refractivity contribution in [1.29, 1.82) is 0 Å². The van der Waals surface area contributed by atoms with Crippen LogP contribution in [0.2, 0.25) is 0 Å².